The normalized spacial score (nSPS) is 19.9. The Hall–Kier alpha value is -1.72. The first-order valence-corrected chi connectivity index (χ1v) is 6.51. The molecule has 1 fully saturated rings. The van der Waals surface area contributed by atoms with Gasteiger partial charge in [-0.05, 0) is 43.4 Å². The van der Waals surface area contributed by atoms with Crippen molar-refractivity contribution in [2.24, 2.45) is 0 Å². The summed E-state index contributed by atoms with van der Waals surface area (Å²) in [6.45, 7) is 0.438. The van der Waals surface area contributed by atoms with Gasteiger partial charge in [-0.1, -0.05) is 12.1 Å². The highest BCUT2D eigenvalue weighted by Gasteiger charge is 2.30. The molecule has 0 bridgehead atoms. The molecule has 1 aliphatic rings. The second-order valence-corrected chi connectivity index (χ2v) is 5.01. The summed E-state index contributed by atoms with van der Waals surface area (Å²) in [7, 11) is 0. The number of piperidine rings is 1. The molecule has 1 atom stereocenters. The molecule has 1 amide bonds. The smallest absolute Gasteiger partial charge is 0.416 e. The molecule has 3 nitrogen and oxygen atoms in total. The monoisotopic (exact) mass is 286 g/mol. The largest absolute Gasteiger partial charge is 0.530 e. The molecule has 0 aliphatic carbocycles. The number of halogens is 3. The standard InChI is InChI=1S/C14H16F3NO2/c15-14(16,17)11-6-4-10(5-7-11)9-12-3-1-2-8-18(12)13(19)20/h4-7,12H,1-3,8-9H2,(H,19,20)/p-1. The minimum Gasteiger partial charge on any atom is -0.530 e. The quantitative estimate of drug-likeness (QED) is 0.838. The number of carboxylic acid groups (broad SMARTS) is 1. The number of carbonyl (C=O) groups excluding carboxylic acids is 1. The Morgan fingerprint density at radius 2 is 1.90 bits per heavy atom. The number of nitrogens with zero attached hydrogens (tertiary/aromatic N) is 1. The molecule has 1 saturated heterocycles. The summed E-state index contributed by atoms with van der Waals surface area (Å²) in [4.78, 5) is 12.3. The summed E-state index contributed by atoms with van der Waals surface area (Å²) >= 11 is 0. The van der Waals surface area contributed by atoms with Crippen molar-refractivity contribution in [1.82, 2.24) is 4.90 Å². The molecule has 2 rings (SSSR count). The number of hydrogen-bond acceptors (Lipinski definition) is 2. The fourth-order valence-corrected chi connectivity index (χ4v) is 2.56. The van der Waals surface area contributed by atoms with Crippen LogP contribution in [0.15, 0.2) is 24.3 Å². The van der Waals surface area contributed by atoms with Crippen LogP contribution < -0.4 is 5.11 Å². The minimum atomic E-state index is -4.35. The van der Waals surface area contributed by atoms with Gasteiger partial charge in [-0.3, -0.25) is 0 Å². The molecule has 6 heteroatoms. The van der Waals surface area contributed by atoms with E-state index in [0.29, 0.717) is 18.5 Å². The summed E-state index contributed by atoms with van der Waals surface area (Å²) in [5.41, 5.74) is 0.0119. The van der Waals surface area contributed by atoms with Crippen LogP contribution in [0.2, 0.25) is 0 Å². The van der Waals surface area contributed by atoms with Gasteiger partial charge >= 0.3 is 6.18 Å². The lowest BCUT2D eigenvalue weighted by Gasteiger charge is -2.37. The van der Waals surface area contributed by atoms with E-state index in [4.69, 9.17) is 0 Å². The van der Waals surface area contributed by atoms with E-state index in [9.17, 15) is 23.1 Å². The molecule has 1 aromatic carbocycles. The van der Waals surface area contributed by atoms with Crippen molar-refractivity contribution >= 4 is 6.09 Å². The molecule has 0 aromatic heterocycles. The van der Waals surface area contributed by atoms with Gasteiger partial charge in [-0.25, -0.2) is 0 Å². The lowest BCUT2D eigenvalue weighted by atomic mass is 9.95. The Labute approximate surface area is 115 Å². The maximum atomic E-state index is 12.5. The van der Waals surface area contributed by atoms with Crippen LogP contribution in [-0.2, 0) is 12.6 Å². The number of likely N-dealkylation sites (tertiary alicyclic amines) is 1. The van der Waals surface area contributed by atoms with Gasteiger partial charge in [0.25, 0.3) is 0 Å². The van der Waals surface area contributed by atoms with Crippen LogP contribution >= 0.6 is 0 Å². The number of alkyl halides is 3. The van der Waals surface area contributed by atoms with E-state index >= 15 is 0 Å². The van der Waals surface area contributed by atoms with Gasteiger partial charge in [0, 0.05) is 12.6 Å². The average Bonchev–Trinajstić information content (AvgIpc) is 2.38. The lowest BCUT2D eigenvalue weighted by molar-refractivity contribution is -0.269. The summed E-state index contributed by atoms with van der Waals surface area (Å²) in [5, 5.41) is 11.0. The molecule has 0 radical (unpaired) electrons. The molecule has 1 aliphatic heterocycles. The predicted octanol–water partition coefficient (Wildman–Crippen LogP) is 2.45. The third-order valence-corrected chi connectivity index (χ3v) is 3.61. The molecular weight excluding hydrogens is 271 g/mol. The van der Waals surface area contributed by atoms with Crippen LogP contribution in [0.5, 0.6) is 0 Å². The summed E-state index contributed by atoms with van der Waals surface area (Å²) in [6.07, 6.45) is -2.68. The van der Waals surface area contributed by atoms with Crippen molar-refractivity contribution in [3.63, 3.8) is 0 Å². The highest BCUT2D eigenvalue weighted by molar-refractivity contribution is 5.63. The Morgan fingerprint density at radius 1 is 1.25 bits per heavy atom. The van der Waals surface area contributed by atoms with Crippen LogP contribution in [0.25, 0.3) is 0 Å². The van der Waals surface area contributed by atoms with Gasteiger partial charge in [0.2, 0.25) is 0 Å². The second kappa shape index (κ2) is 5.73. The van der Waals surface area contributed by atoms with Crippen molar-refractivity contribution in [2.45, 2.75) is 37.9 Å². The van der Waals surface area contributed by atoms with Gasteiger partial charge < -0.3 is 14.8 Å². The second-order valence-electron chi connectivity index (χ2n) is 5.01. The molecule has 1 unspecified atom stereocenters. The van der Waals surface area contributed by atoms with Gasteiger partial charge in [-0.2, -0.15) is 13.2 Å². The molecule has 20 heavy (non-hydrogen) atoms. The first-order valence-electron chi connectivity index (χ1n) is 6.51. The molecule has 0 spiro atoms. The van der Waals surface area contributed by atoms with Crippen LogP contribution in [0.1, 0.15) is 30.4 Å². The van der Waals surface area contributed by atoms with E-state index in [1.54, 1.807) is 0 Å². The highest BCUT2D eigenvalue weighted by Crippen LogP contribution is 2.29. The summed E-state index contributed by atoms with van der Waals surface area (Å²) < 4.78 is 37.4. The van der Waals surface area contributed by atoms with E-state index < -0.39 is 17.8 Å². The van der Waals surface area contributed by atoms with Crippen molar-refractivity contribution in [1.29, 1.82) is 0 Å². The molecular formula is C14H15F3NO2-. The Bertz CT molecular complexity index is 470. The third-order valence-electron chi connectivity index (χ3n) is 3.61. The maximum Gasteiger partial charge on any atom is 0.416 e. The average molecular weight is 286 g/mol. The fraction of sp³-hybridized carbons (Fsp3) is 0.500. The van der Waals surface area contributed by atoms with Crippen LogP contribution in [0.3, 0.4) is 0 Å². The number of carbonyl (C=O) groups is 1. The van der Waals surface area contributed by atoms with E-state index in [1.165, 1.54) is 17.0 Å². The van der Waals surface area contributed by atoms with Crippen molar-refractivity contribution in [3.8, 4) is 0 Å². The lowest BCUT2D eigenvalue weighted by Crippen LogP contribution is -2.50. The van der Waals surface area contributed by atoms with Crippen molar-refractivity contribution < 1.29 is 23.1 Å². The van der Waals surface area contributed by atoms with E-state index in [1.807, 2.05) is 0 Å². The molecule has 1 aromatic rings. The van der Waals surface area contributed by atoms with Crippen LogP contribution in [0.4, 0.5) is 18.0 Å². The minimum absolute atomic E-state index is 0.203. The number of rotatable bonds is 2. The molecule has 1 heterocycles. The zero-order valence-corrected chi connectivity index (χ0v) is 10.8. The Balaban J connectivity index is 2.07. The predicted molar refractivity (Wildman–Crippen MR) is 64.9 cm³/mol. The van der Waals surface area contributed by atoms with E-state index in [-0.39, 0.29) is 6.04 Å². The Morgan fingerprint density at radius 3 is 2.45 bits per heavy atom. The first-order chi connectivity index (χ1) is 9.38. The Kier molecular flexibility index (Phi) is 4.20. The van der Waals surface area contributed by atoms with Gasteiger partial charge in [0.05, 0.1) is 5.56 Å². The molecule has 0 saturated carbocycles. The zero-order chi connectivity index (χ0) is 14.8. The molecule has 0 N–H and O–H groups in total. The van der Waals surface area contributed by atoms with Crippen molar-refractivity contribution in [3.05, 3.63) is 35.4 Å². The number of hydrogen-bond donors (Lipinski definition) is 0. The first kappa shape index (κ1) is 14.7. The topological polar surface area (TPSA) is 43.4 Å². The van der Waals surface area contributed by atoms with Crippen molar-refractivity contribution in [2.75, 3.05) is 6.54 Å². The van der Waals surface area contributed by atoms with E-state index in [2.05, 4.69) is 0 Å². The van der Waals surface area contributed by atoms with E-state index in [0.717, 1.165) is 31.4 Å². The third kappa shape index (κ3) is 3.43. The number of amides is 1. The van der Waals surface area contributed by atoms with Gasteiger partial charge in [0.15, 0.2) is 0 Å². The van der Waals surface area contributed by atoms with Crippen LogP contribution in [0, 0.1) is 0 Å². The fourth-order valence-electron chi connectivity index (χ4n) is 2.56. The zero-order valence-electron chi connectivity index (χ0n) is 10.8. The number of benzene rings is 1. The van der Waals surface area contributed by atoms with Gasteiger partial charge in [0.1, 0.15) is 6.09 Å². The van der Waals surface area contributed by atoms with Gasteiger partial charge in [-0.15, -0.1) is 0 Å². The summed E-state index contributed by atoms with van der Waals surface area (Å²) in [6, 6.07) is 4.67. The molecule has 110 valence electrons. The SMILES string of the molecule is O=C([O-])N1CCCCC1Cc1ccc(C(F)(F)F)cc1. The summed E-state index contributed by atoms with van der Waals surface area (Å²) in [5.74, 6) is 0. The van der Waals surface area contributed by atoms with Crippen LogP contribution in [-0.4, -0.2) is 23.6 Å². The highest BCUT2D eigenvalue weighted by atomic mass is 19.4. The maximum absolute atomic E-state index is 12.5.